The van der Waals surface area contributed by atoms with Gasteiger partial charge in [0.25, 0.3) is 0 Å². The summed E-state index contributed by atoms with van der Waals surface area (Å²) in [7, 11) is 1.74. The van der Waals surface area contributed by atoms with Crippen molar-refractivity contribution in [3.8, 4) is 0 Å². The van der Waals surface area contributed by atoms with Crippen LogP contribution in [0, 0.1) is 18.3 Å². The fraction of sp³-hybridized carbons (Fsp3) is 0.812. The Hall–Kier alpha value is -0.390. The lowest BCUT2D eigenvalue weighted by Crippen LogP contribution is -2.39. The third kappa shape index (κ3) is 4.80. The monoisotopic (exact) mass is 359 g/mol. The van der Waals surface area contributed by atoms with Crippen LogP contribution in [0.3, 0.4) is 0 Å². The molecule has 0 aliphatic rings. The van der Waals surface area contributed by atoms with Crippen LogP contribution in [-0.2, 0) is 17.7 Å². The SMILES string of the molecule is CCn1nc(C)c(Br)c1CC(C)(CNCCOC)C(C)C. The van der Waals surface area contributed by atoms with Crippen LogP contribution in [0.15, 0.2) is 4.47 Å². The van der Waals surface area contributed by atoms with E-state index >= 15 is 0 Å². The minimum Gasteiger partial charge on any atom is -0.383 e. The Balaban J connectivity index is 2.87. The number of aromatic nitrogens is 2. The van der Waals surface area contributed by atoms with Crippen LogP contribution in [0.4, 0.5) is 0 Å². The lowest BCUT2D eigenvalue weighted by atomic mass is 9.75. The third-order valence-electron chi connectivity index (χ3n) is 4.43. The van der Waals surface area contributed by atoms with Crippen LogP contribution in [0.5, 0.6) is 0 Å². The maximum absolute atomic E-state index is 5.11. The number of ether oxygens (including phenoxy) is 1. The standard InChI is InChI=1S/C16H30BrN3O/c1-7-20-14(15(17)13(4)19-20)10-16(5,12(2)3)11-18-8-9-21-6/h12,18H,7-11H2,1-6H3. The van der Waals surface area contributed by atoms with Gasteiger partial charge < -0.3 is 10.1 Å². The Kier molecular flexibility index (Phi) is 7.37. The summed E-state index contributed by atoms with van der Waals surface area (Å²) < 4.78 is 8.39. The highest BCUT2D eigenvalue weighted by Gasteiger charge is 2.31. The van der Waals surface area contributed by atoms with Crippen molar-refractivity contribution in [2.24, 2.45) is 11.3 Å². The molecule has 4 nitrogen and oxygen atoms in total. The number of rotatable bonds is 9. The van der Waals surface area contributed by atoms with E-state index in [1.54, 1.807) is 7.11 Å². The van der Waals surface area contributed by atoms with E-state index in [1.807, 2.05) is 0 Å². The maximum Gasteiger partial charge on any atom is 0.0738 e. The van der Waals surface area contributed by atoms with Crippen molar-refractivity contribution in [1.82, 2.24) is 15.1 Å². The Morgan fingerprint density at radius 3 is 2.62 bits per heavy atom. The van der Waals surface area contributed by atoms with Crippen molar-refractivity contribution >= 4 is 15.9 Å². The first-order chi connectivity index (χ1) is 9.85. The summed E-state index contributed by atoms with van der Waals surface area (Å²) in [6.07, 6.45) is 1.01. The zero-order valence-corrected chi connectivity index (χ0v) is 15.9. The molecule has 1 aromatic rings. The molecule has 122 valence electrons. The molecule has 0 amide bonds. The van der Waals surface area contributed by atoms with Crippen molar-refractivity contribution in [1.29, 1.82) is 0 Å². The largest absolute Gasteiger partial charge is 0.383 e. The van der Waals surface area contributed by atoms with Gasteiger partial charge in [-0.05, 0) is 47.5 Å². The molecule has 0 saturated carbocycles. The summed E-state index contributed by atoms with van der Waals surface area (Å²) >= 11 is 3.71. The molecule has 0 aromatic carbocycles. The molecule has 1 atom stereocenters. The van der Waals surface area contributed by atoms with E-state index in [0.29, 0.717) is 5.92 Å². The molecule has 5 heteroatoms. The van der Waals surface area contributed by atoms with Gasteiger partial charge in [-0.25, -0.2) is 0 Å². The van der Waals surface area contributed by atoms with Gasteiger partial charge in [0.1, 0.15) is 0 Å². The minimum absolute atomic E-state index is 0.190. The fourth-order valence-electron chi connectivity index (χ4n) is 2.44. The van der Waals surface area contributed by atoms with Crippen LogP contribution in [0.25, 0.3) is 0 Å². The molecular formula is C16H30BrN3O. The Bertz CT molecular complexity index is 445. The topological polar surface area (TPSA) is 39.1 Å². The average molecular weight is 360 g/mol. The molecule has 0 fully saturated rings. The van der Waals surface area contributed by atoms with E-state index < -0.39 is 0 Å². The summed E-state index contributed by atoms with van der Waals surface area (Å²) in [5, 5.41) is 8.13. The predicted molar refractivity (Wildman–Crippen MR) is 91.7 cm³/mol. The van der Waals surface area contributed by atoms with Gasteiger partial charge in [-0.1, -0.05) is 20.8 Å². The highest BCUT2D eigenvalue weighted by molar-refractivity contribution is 9.10. The first-order valence-corrected chi connectivity index (χ1v) is 8.56. The minimum atomic E-state index is 0.190. The van der Waals surface area contributed by atoms with Crippen LogP contribution in [0.1, 0.15) is 39.1 Å². The fourth-order valence-corrected chi connectivity index (χ4v) is 2.86. The summed E-state index contributed by atoms with van der Waals surface area (Å²) in [5.74, 6) is 0.583. The van der Waals surface area contributed by atoms with Crippen molar-refractivity contribution in [2.75, 3.05) is 26.8 Å². The van der Waals surface area contributed by atoms with Gasteiger partial charge in [-0.15, -0.1) is 0 Å². The zero-order valence-electron chi connectivity index (χ0n) is 14.3. The first-order valence-electron chi connectivity index (χ1n) is 7.77. The molecule has 1 rings (SSSR count). The quantitative estimate of drug-likeness (QED) is 0.686. The Morgan fingerprint density at radius 1 is 1.43 bits per heavy atom. The number of methoxy groups -OCH3 is 1. The smallest absolute Gasteiger partial charge is 0.0738 e. The van der Waals surface area contributed by atoms with E-state index in [9.17, 15) is 0 Å². The second-order valence-electron chi connectivity index (χ2n) is 6.32. The lowest BCUT2D eigenvalue weighted by molar-refractivity contribution is 0.173. The summed E-state index contributed by atoms with van der Waals surface area (Å²) in [4.78, 5) is 0. The maximum atomic E-state index is 5.11. The third-order valence-corrected chi connectivity index (χ3v) is 5.46. The second kappa shape index (κ2) is 8.30. The molecule has 0 spiro atoms. The molecule has 1 aromatic heterocycles. The number of hydrogen-bond donors (Lipinski definition) is 1. The molecule has 0 bridgehead atoms. The number of nitrogens with one attached hydrogen (secondary N) is 1. The van der Waals surface area contributed by atoms with Crippen LogP contribution >= 0.6 is 15.9 Å². The van der Waals surface area contributed by atoms with Gasteiger partial charge >= 0.3 is 0 Å². The van der Waals surface area contributed by atoms with Gasteiger partial charge in [0, 0.05) is 26.7 Å². The van der Waals surface area contributed by atoms with E-state index in [2.05, 4.69) is 65.6 Å². The van der Waals surface area contributed by atoms with Crippen LogP contribution in [0.2, 0.25) is 0 Å². The Labute approximate surface area is 137 Å². The number of nitrogens with zero attached hydrogens (tertiary/aromatic N) is 2. The molecule has 1 heterocycles. The normalized spacial score (nSPS) is 14.7. The molecule has 21 heavy (non-hydrogen) atoms. The van der Waals surface area contributed by atoms with Gasteiger partial charge in [-0.3, -0.25) is 4.68 Å². The molecule has 0 aliphatic heterocycles. The van der Waals surface area contributed by atoms with Gasteiger partial charge in [0.15, 0.2) is 0 Å². The van der Waals surface area contributed by atoms with Crippen molar-refractivity contribution in [2.45, 2.75) is 47.6 Å². The molecule has 1 unspecified atom stereocenters. The molecular weight excluding hydrogens is 330 g/mol. The van der Waals surface area contributed by atoms with E-state index in [4.69, 9.17) is 4.74 Å². The first kappa shape index (κ1) is 18.7. The summed E-state index contributed by atoms with van der Waals surface area (Å²) in [5.41, 5.74) is 2.57. The van der Waals surface area contributed by atoms with Gasteiger partial charge in [0.2, 0.25) is 0 Å². The Morgan fingerprint density at radius 2 is 2.10 bits per heavy atom. The lowest BCUT2D eigenvalue weighted by Gasteiger charge is -2.34. The molecule has 0 radical (unpaired) electrons. The molecule has 0 saturated heterocycles. The summed E-state index contributed by atoms with van der Waals surface area (Å²) in [6, 6.07) is 0. The van der Waals surface area contributed by atoms with E-state index in [-0.39, 0.29) is 5.41 Å². The number of hydrogen-bond acceptors (Lipinski definition) is 3. The van der Waals surface area contributed by atoms with Gasteiger partial charge in [0.05, 0.1) is 22.5 Å². The number of halogens is 1. The van der Waals surface area contributed by atoms with Gasteiger partial charge in [-0.2, -0.15) is 5.10 Å². The second-order valence-corrected chi connectivity index (χ2v) is 7.11. The average Bonchev–Trinajstić information content (AvgIpc) is 2.71. The van der Waals surface area contributed by atoms with Crippen molar-refractivity contribution < 1.29 is 4.74 Å². The summed E-state index contributed by atoms with van der Waals surface area (Å²) in [6.45, 7) is 14.7. The zero-order chi connectivity index (χ0) is 16.0. The molecule has 1 N–H and O–H groups in total. The van der Waals surface area contributed by atoms with E-state index in [1.165, 1.54) is 5.69 Å². The van der Waals surface area contributed by atoms with Crippen LogP contribution in [-0.4, -0.2) is 36.6 Å². The van der Waals surface area contributed by atoms with Crippen LogP contribution < -0.4 is 5.32 Å². The van der Waals surface area contributed by atoms with Crippen molar-refractivity contribution in [3.05, 3.63) is 15.9 Å². The predicted octanol–water partition coefficient (Wildman–Crippen LogP) is 3.41. The van der Waals surface area contributed by atoms with E-state index in [0.717, 1.165) is 42.8 Å². The highest BCUT2D eigenvalue weighted by Crippen LogP contribution is 2.34. The van der Waals surface area contributed by atoms with Crippen molar-refractivity contribution in [3.63, 3.8) is 0 Å². The number of aryl methyl sites for hydroxylation is 2. The molecule has 0 aliphatic carbocycles. The highest BCUT2D eigenvalue weighted by atomic mass is 79.9.